The standard InChI is InChI=1S/2C13H9.Ca/c2*1-3-7-12-10(5-1)9-11-6-2-4-8-13(11)12;/h2*1-5,7-8H,9H2;. The van der Waals surface area contributed by atoms with Crippen molar-refractivity contribution >= 4 is 37.2 Å². The number of benzene rings is 4. The molecule has 2 aliphatic rings. The van der Waals surface area contributed by atoms with Crippen molar-refractivity contribution in [2.75, 3.05) is 0 Å². The Balaban J connectivity index is 1.43. The fraction of sp³-hybridized carbons (Fsp3) is 0.0769. The van der Waals surface area contributed by atoms with Gasteiger partial charge in [-0.15, -0.1) is 0 Å². The molecule has 27 heavy (non-hydrogen) atoms. The molecular weight excluding hydrogens is 352 g/mol. The van der Waals surface area contributed by atoms with Crippen molar-refractivity contribution in [1.82, 2.24) is 0 Å². The summed E-state index contributed by atoms with van der Waals surface area (Å²) in [6.45, 7) is 0. The third kappa shape index (κ3) is 2.55. The Morgan fingerprint density at radius 3 is 1.41 bits per heavy atom. The first-order valence-electron chi connectivity index (χ1n) is 9.76. The van der Waals surface area contributed by atoms with E-state index in [4.69, 9.17) is 0 Å². The van der Waals surface area contributed by atoms with E-state index in [0.717, 1.165) is 12.8 Å². The van der Waals surface area contributed by atoms with Gasteiger partial charge in [0.25, 0.3) is 0 Å². The summed E-state index contributed by atoms with van der Waals surface area (Å²) in [4.78, 5) is 0. The van der Waals surface area contributed by atoms with Crippen LogP contribution in [0.25, 0.3) is 22.3 Å². The number of rotatable bonds is 2. The molecule has 0 bridgehead atoms. The molecule has 2 aliphatic carbocycles. The molecule has 0 aromatic heterocycles. The van der Waals surface area contributed by atoms with Crippen molar-refractivity contribution in [1.29, 1.82) is 0 Å². The zero-order valence-corrected chi connectivity index (χ0v) is 17.4. The monoisotopic (exact) mass is 370 g/mol. The molecule has 6 rings (SSSR count). The van der Waals surface area contributed by atoms with Crippen molar-refractivity contribution in [3.8, 4) is 22.3 Å². The van der Waals surface area contributed by atoms with Crippen molar-refractivity contribution in [2.24, 2.45) is 0 Å². The quantitative estimate of drug-likeness (QED) is 0.394. The van der Waals surface area contributed by atoms with Crippen molar-refractivity contribution in [2.45, 2.75) is 12.8 Å². The molecule has 1 heteroatoms. The molecule has 0 nitrogen and oxygen atoms in total. The van der Waals surface area contributed by atoms with Crippen LogP contribution in [0, 0.1) is 0 Å². The SMILES string of the molecule is c1ccc2c(c1)Cc1[c]([Ca][c]3cccc4c3Cc3ccccc3-4)cccc1-2. The first kappa shape index (κ1) is 16.1. The number of hydrogen-bond donors (Lipinski definition) is 0. The number of fused-ring (bicyclic) bond motifs is 6. The molecule has 124 valence electrons. The van der Waals surface area contributed by atoms with Gasteiger partial charge < -0.3 is 0 Å². The Bertz CT molecular complexity index is 1110. The van der Waals surface area contributed by atoms with Gasteiger partial charge in [0.1, 0.15) is 0 Å². The Morgan fingerprint density at radius 1 is 0.444 bits per heavy atom. The summed E-state index contributed by atoms with van der Waals surface area (Å²) in [5.41, 5.74) is 12.0. The van der Waals surface area contributed by atoms with E-state index in [9.17, 15) is 0 Å². The van der Waals surface area contributed by atoms with Gasteiger partial charge in [-0.2, -0.15) is 0 Å². The summed E-state index contributed by atoms with van der Waals surface area (Å²) in [7, 11) is 0. The van der Waals surface area contributed by atoms with Crippen LogP contribution in [-0.2, 0) is 12.8 Å². The predicted molar refractivity (Wildman–Crippen MR) is 114 cm³/mol. The fourth-order valence-electron chi connectivity index (χ4n) is 4.98. The van der Waals surface area contributed by atoms with Crippen LogP contribution in [0.4, 0.5) is 0 Å². The van der Waals surface area contributed by atoms with E-state index in [0.29, 0.717) is 0 Å². The maximum atomic E-state index is 2.41. The van der Waals surface area contributed by atoms with Crippen molar-refractivity contribution in [3.05, 3.63) is 107 Å². The second kappa shape index (κ2) is 6.34. The summed E-state index contributed by atoms with van der Waals surface area (Å²) in [6.07, 6.45) is 2.23. The van der Waals surface area contributed by atoms with Crippen LogP contribution in [0.5, 0.6) is 0 Å². The van der Waals surface area contributed by atoms with Gasteiger partial charge in [0.05, 0.1) is 0 Å². The molecule has 0 amide bonds. The van der Waals surface area contributed by atoms with Crippen LogP contribution in [0.2, 0.25) is 0 Å². The summed E-state index contributed by atoms with van der Waals surface area (Å²) >= 11 is -1.04. The molecule has 0 radical (unpaired) electrons. The van der Waals surface area contributed by atoms with E-state index in [1.807, 2.05) is 0 Å². The molecule has 0 saturated heterocycles. The molecule has 0 N–H and O–H groups in total. The Labute approximate surface area is 178 Å². The molecule has 0 fully saturated rings. The van der Waals surface area contributed by atoms with Gasteiger partial charge in [0.2, 0.25) is 0 Å². The average molecular weight is 371 g/mol. The molecule has 0 unspecified atom stereocenters. The molecule has 0 atom stereocenters. The molecule has 0 aliphatic heterocycles. The van der Waals surface area contributed by atoms with Crippen LogP contribution >= 0.6 is 0 Å². The molecule has 4 aromatic rings. The first-order valence-corrected chi connectivity index (χ1v) is 12.0. The Morgan fingerprint density at radius 2 is 0.889 bits per heavy atom. The molecule has 0 spiro atoms. The van der Waals surface area contributed by atoms with Crippen LogP contribution in [0.3, 0.4) is 0 Å². The van der Waals surface area contributed by atoms with Gasteiger partial charge in [0, 0.05) is 0 Å². The summed E-state index contributed by atoms with van der Waals surface area (Å²) in [5.74, 6) is 0. The van der Waals surface area contributed by atoms with Crippen molar-refractivity contribution in [3.63, 3.8) is 0 Å². The molecular formula is C26H18Ca. The Kier molecular flexibility index (Phi) is 3.79. The summed E-state index contributed by atoms with van der Waals surface area (Å²) in [5, 5.41) is 0. The first-order chi connectivity index (χ1) is 13.4. The fourth-order valence-corrected chi connectivity index (χ4v) is 8.07. The van der Waals surface area contributed by atoms with E-state index in [2.05, 4.69) is 84.9 Å². The van der Waals surface area contributed by atoms with Gasteiger partial charge in [-0.05, 0) is 0 Å². The minimum atomic E-state index is -1.04. The zero-order chi connectivity index (χ0) is 17.8. The second-order valence-corrected chi connectivity index (χ2v) is 10.7. The van der Waals surface area contributed by atoms with E-state index in [1.165, 1.54) is 33.4 Å². The molecule has 0 heterocycles. The van der Waals surface area contributed by atoms with Crippen LogP contribution in [-0.4, -0.2) is 33.8 Å². The van der Waals surface area contributed by atoms with Crippen LogP contribution in [0.1, 0.15) is 22.3 Å². The van der Waals surface area contributed by atoms with Crippen LogP contribution < -0.4 is 3.32 Å². The van der Waals surface area contributed by atoms with E-state index < -0.39 is 33.8 Å². The summed E-state index contributed by atoms with van der Waals surface area (Å²) < 4.78 is 3.33. The minimum absolute atomic E-state index is 1.04. The average Bonchev–Trinajstić information content (AvgIpc) is 3.28. The predicted octanol–water partition coefficient (Wildman–Crippen LogP) is 4.48. The van der Waals surface area contributed by atoms with E-state index in [-0.39, 0.29) is 0 Å². The van der Waals surface area contributed by atoms with Gasteiger partial charge in [-0.25, -0.2) is 0 Å². The van der Waals surface area contributed by atoms with Crippen LogP contribution in [0.15, 0.2) is 84.9 Å². The second-order valence-electron chi connectivity index (χ2n) is 7.73. The van der Waals surface area contributed by atoms with Gasteiger partial charge in [-0.3, -0.25) is 0 Å². The molecule has 0 saturated carbocycles. The Hall–Kier alpha value is -1.86. The third-order valence-corrected chi connectivity index (χ3v) is 9.54. The van der Waals surface area contributed by atoms with E-state index in [1.54, 1.807) is 14.4 Å². The van der Waals surface area contributed by atoms with Gasteiger partial charge >= 0.3 is 179 Å². The zero-order valence-electron chi connectivity index (χ0n) is 15.2. The topological polar surface area (TPSA) is 0 Å². The van der Waals surface area contributed by atoms with Gasteiger partial charge in [0.15, 0.2) is 0 Å². The normalized spacial score (nSPS) is 12.7. The molecule has 4 aromatic carbocycles. The van der Waals surface area contributed by atoms with E-state index >= 15 is 0 Å². The summed E-state index contributed by atoms with van der Waals surface area (Å²) in [6, 6.07) is 31.9. The third-order valence-electron chi connectivity index (χ3n) is 6.28. The number of hydrogen-bond acceptors (Lipinski definition) is 0. The maximum absolute atomic E-state index is 2.41. The van der Waals surface area contributed by atoms with Crippen molar-refractivity contribution < 1.29 is 0 Å². The van der Waals surface area contributed by atoms with Gasteiger partial charge in [-0.1, -0.05) is 0 Å².